The van der Waals surface area contributed by atoms with Gasteiger partial charge in [-0.05, 0) is 13.8 Å². The number of anilines is 1. The summed E-state index contributed by atoms with van der Waals surface area (Å²) >= 11 is 1.72. The van der Waals surface area contributed by atoms with Gasteiger partial charge >= 0.3 is 0 Å². The van der Waals surface area contributed by atoms with E-state index >= 15 is 0 Å². The van der Waals surface area contributed by atoms with E-state index in [1.165, 1.54) is 4.88 Å². The maximum absolute atomic E-state index is 4.61. The van der Waals surface area contributed by atoms with Gasteiger partial charge in [-0.2, -0.15) is 5.10 Å². The van der Waals surface area contributed by atoms with Gasteiger partial charge in [0.15, 0.2) is 11.6 Å². The minimum Gasteiger partial charge on any atom is -0.368 e. The minimum atomic E-state index is 0. The Hall–Kier alpha value is -2.02. The number of fused-ring (bicyclic) bond motifs is 1. The summed E-state index contributed by atoms with van der Waals surface area (Å²) in [5, 5.41) is 16.2. The normalized spacial score (nSPS) is 11.3. The minimum absolute atomic E-state index is 0. The largest absolute Gasteiger partial charge is 0.368 e. The molecule has 0 unspecified atom stereocenters. The van der Waals surface area contributed by atoms with Crippen molar-refractivity contribution in [2.75, 3.05) is 31.5 Å². The van der Waals surface area contributed by atoms with Crippen LogP contribution in [0.2, 0.25) is 0 Å². The van der Waals surface area contributed by atoms with E-state index in [4.69, 9.17) is 0 Å². The number of aromatic nitrogens is 5. The van der Waals surface area contributed by atoms with Crippen LogP contribution in [0.25, 0.3) is 11.0 Å². The Kier molecular flexibility index (Phi) is 8.83. The first-order valence-corrected chi connectivity index (χ1v) is 9.79. The number of nitrogens with zero attached hydrogens (tertiary/aromatic N) is 6. The van der Waals surface area contributed by atoms with E-state index in [0.29, 0.717) is 19.6 Å². The molecule has 0 radical (unpaired) electrons. The van der Waals surface area contributed by atoms with Gasteiger partial charge in [0.2, 0.25) is 0 Å². The maximum Gasteiger partial charge on any atom is 0.191 e. The summed E-state index contributed by atoms with van der Waals surface area (Å²) in [5.41, 5.74) is 0.813. The molecule has 3 aromatic heterocycles. The van der Waals surface area contributed by atoms with Crippen molar-refractivity contribution >= 4 is 58.1 Å². The molecule has 0 saturated carbocycles. The fraction of sp³-hybridized carbons (Fsp3) is 0.471. The molecular weight excluding hydrogens is 489 g/mol. The predicted octanol–water partition coefficient (Wildman–Crippen LogP) is 1.96. The van der Waals surface area contributed by atoms with Crippen LogP contribution in [0.1, 0.15) is 16.8 Å². The summed E-state index contributed by atoms with van der Waals surface area (Å²) in [5.74, 6) is 1.60. The molecule has 9 nitrogen and oxygen atoms in total. The summed E-state index contributed by atoms with van der Waals surface area (Å²) in [6, 6.07) is 0. The van der Waals surface area contributed by atoms with Crippen LogP contribution in [0.3, 0.4) is 0 Å². The van der Waals surface area contributed by atoms with Crippen LogP contribution in [-0.2, 0) is 13.5 Å². The monoisotopic (exact) mass is 515 g/mol. The van der Waals surface area contributed by atoms with E-state index in [1.54, 1.807) is 28.5 Å². The van der Waals surface area contributed by atoms with Gasteiger partial charge in [-0.3, -0.25) is 9.67 Å². The summed E-state index contributed by atoms with van der Waals surface area (Å²) in [6.07, 6.45) is 6.08. The standard InChI is InChI=1S/C17H25N9S.HI/c1-4-18-17(20-6-5-14-22-9-12(2)27-14)21-8-7-19-15-13-10-25-26(3)16(13)24-11-23-15;/h9-11H,4-8H2,1-3H3,(H2,18,20,21)(H,19,23,24);1H. The fourth-order valence-corrected chi connectivity index (χ4v) is 3.36. The van der Waals surface area contributed by atoms with Crippen molar-refractivity contribution in [1.82, 2.24) is 35.4 Å². The molecule has 3 aromatic rings. The number of thiazole rings is 1. The van der Waals surface area contributed by atoms with Crippen molar-refractivity contribution in [2.45, 2.75) is 20.3 Å². The number of hydrogen-bond donors (Lipinski definition) is 3. The molecule has 3 rings (SSSR count). The van der Waals surface area contributed by atoms with Crippen molar-refractivity contribution in [3.05, 3.63) is 28.6 Å². The van der Waals surface area contributed by atoms with Crippen LogP contribution >= 0.6 is 35.3 Å². The lowest BCUT2D eigenvalue weighted by atomic mass is 10.4. The molecule has 0 bridgehead atoms. The molecule has 0 saturated heterocycles. The zero-order valence-corrected chi connectivity index (χ0v) is 19.4. The second-order valence-electron chi connectivity index (χ2n) is 5.96. The Morgan fingerprint density at radius 2 is 2.04 bits per heavy atom. The lowest BCUT2D eigenvalue weighted by molar-refractivity contribution is 0.785. The second kappa shape index (κ2) is 11.1. The van der Waals surface area contributed by atoms with Crippen molar-refractivity contribution in [3.63, 3.8) is 0 Å². The van der Waals surface area contributed by atoms with Crippen LogP contribution in [0, 0.1) is 6.92 Å². The van der Waals surface area contributed by atoms with Crippen LogP contribution in [0.5, 0.6) is 0 Å². The molecule has 0 aliphatic rings. The van der Waals surface area contributed by atoms with Crippen LogP contribution in [-0.4, -0.2) is 56.9 Å². The number of aliphatic imine (C=N–C) groups is 1. The molecule has 28 heavy (non-hydrogen) atoms. The second-order valence-corrected chi connectivity index (χ2v) is 7.28. The molecule has 0 aliphatic carbocycles. The number of aryl methyl sites for hydroxylation is 2. The van der Waals surface area contributed by atoms with Gasteiger partial charge < -0.3 is 16.0 Å². The third kappa shape index (κ3) is 5.99. The molecule has 152 valence electrons. The number of rotatable bonds is 8. The number of hydrogen-bond acceptors (Lipinski definition) is 7. The van der Waals surface area contributed by atoms with Gasteiger partial charge in [0.25, 0.3) is 0 Å². The summed E-state index contributed by atoms with van der Waals surface area (Å²) in [7, 11) is 1.87. The third-order valence-corrected chi connectivity index (χ3v) is 4.82. The van der Waals surface area contributed by atoms with Gasteiger partial charge in [-0.25, -0.2) is 15.0 Å². The molecule has 0 spiro atoms. The molecule has 0 atom stereocenters. The topological polar surface area (TPSA) is 105 Å². The highest BCUT2D eigenvalue weighted by Crippen LogP contribution is 2.17. The van der Waals surface area contributed by atoms with Gasteiger partial charge in [-0.1, -0.05) is 0 Å². The first-order valence-electron chi connectivity index (χ1n) is 8.97. The van der Waals surface area contributed by atoms with Crippen molar-refractivity contribution < 1.29 is 0 Å². The lowest BCUT2D eigenvalue weighted by Gasteiger charge is -2.12. The molecule has 3 heterocycles. The van der Waals surface area contributed by atoms with E-state index < -0.39 is 0 Å². The van der Waals surface area contributed by atoms with Gasteiger partial charge in [-0.15, -0.1) is 35.3 Å². The summed E-state index contributed by atoms with van der Waals surface area (Å²) in [6.45, 7) is 7.07. The molecule has 3 N–H and O–H groups in total. The first kappa shape index (κ1) is 22.3. The van der Waals surface area contributed by atoms with Crippen molar-refractivity contribution in [1.29, 1.82) is 0 Å². The Balaban J connectivity index is 0.00000280. The average molecular weight is 515 g/mol. The van der Waals surface area contributed by atoms with Crippen LogP contribution in [0.15, 0.2) is 23.7 Å². The molecule has 0 aromatic carbocycles. The smallest absolute Gasteiger partial charge is 0.191 e. The summed E-state index contributed by atoms with van der Waals surface area (Å²) < 4.78 is 1.74. The number of halogens is 1. The third-order valence-electron chi connectivity index (χ3n) is 3.85. The highest BCUT2D eigenvalue weighted by molar-refractivity contribution is 14.0. The molecule has 11 heteroatoms. The van der Waals surface area contributed by atoms with Gasteiger partial charge in [0.05, 0.1) is 16.6 Å². The van der Waals surface area contributed by atoms with E-state index in [1.807, 2.05) is 13.2 Å². The number of guanidine groups is 1. The predicted molar refractivity (Wildman–Crippen MR) is 125 cm³/mol. The van der Waals surface area contributed by atoms with E-state index in [0.717, 1.165) is 40.8 Å². The first-order chi connectivity index (χ1) is 13.2. The van der Waals surface area contributed by atoms with Crippen LogP contribution < -0.4 is 16.0 Å². The highest BCUT2D eigenvalue weighted by Gasteiger charge is 2.07. The van der Waals surface area contributed by atoms with Crippen molar-refractivity contribution in [3.8, 4) is 0 Å². The SMILES string of the molecule is CCNC(=NCCc1ncc(C)s1)NCCNc1ncnc2c1cnn2C.I. The van der Waals surface area contributed by atoms with E-state index in [-0.39, 0.29) is 24.0 Å². The van der Waals surface area contributed by atoms with Crippen molar-refractivity contribution in [2.24, 2.45) is 12.0 Å². The molecular formula is C17H26IN9S. The highest BCUT2D eigenvalue weighted by atomic mass is 127. The Morgan fingerprint density at radius 1 is 1.18 bits per heavy atom. The molecule has 0 fully saturated rings. The number of nitrogens with one attached hydrogen (secondary N) is 3. The maximum atomic E-state index is 4.61. The fourth-order valence-electron chi connectivity index (χ4n) is 2.59. The molecule has 0 amide bonds. The zero-order chi connectivity index (χ0) is 19.1. The zero-order valence-electron chi connectivity index (χ0n) is 16.3. The van der Waals surface area contributed by atoms with Gasteiger partial charge in [0, 0.05) is 50.7 Å². The van der Waals surface area contributed by atoms with E-state index in [9.17, 15) is 0 Å². The quantitative estimate of drug-likeness (QED) is 0.182. The van der Waals surface area contributed by atoms with E-state index in [2.05, 4.69) is 54.8 Å². The Bertz CT molecular complexity index is 905. The van der Waals surface area contributed by atoms with Gasteiger partial charge in [0.1, 0.15) is 12.1 Å². The Morgan fingerprint density at radius 3 is 2.79 bits per heavy atom. The summed E-state index contributed by atoms with van der Waals surface area (Å²) in [4.78, 5) is 18.8. The molecule has 0 aliphatic heterocycles. The average Bonchev–Trinajstić information content (AvgIpc) is 3.25. The van der Waals surface area contributed by atoms with Crippen LogP contribution in [0.4, 0.5) is 5.82 Å². The lowest BCUT2D eigenvalue weighted by Crippen LogP contribution is -2.39. The Labute approximate surface area is 185 Å².